The van der Waals surface area contributed by atoms with Crippen LogP contribution < -0.4 is 10.6 Å². The second kappa shape index (κ2) is 12.6. The number of aryl methyl sites for hydroxylation is 1. The first kappa shape index (κ1) is 24.2. The number of nitrogens with zero attached hydrogens (tertiary/aromatic N) is 3. The lowest BCUT2D eigenvalue weighted by Crippen LogP contribution is -2.44. The molecule has 0 spiro atoms. The highest BCUT2D eigenvalue weighted by Gasteiger charge is 2.30. The van der Waals surface area contributed by atoms with E-state index >= 15 is 0 Å². The number of likely N-dealkylation sites (tertiary alicyclic amines) is 1. The van der Waals surface area contributed by atoms with Crippen LogP contribution >= 0.6 is 35.3 Å². The Bertz CT molecular complexity index is 605. The minimum Gasteiger partial charge on any atom is -0.357 e. The van der Waals surface area contributed by atoms with Gasteiger partial charge in [-0.05, 0) is 51.8 Å². The Balaban J connectivity index is 0.00000364. The smallest absolute Gasteiger partial charge is 0.239 e. The average Bonchev–Trinajstić information content (AvgIpc) is 3.24. The highest BCUT2D eigenvalue weighted by Crippen LogP contribution is 2.18. The van der Waals surface area contributed by atoms with Gasteiger partial charge in [0, 0.05) is 43.5 Å². The third-order valence-corrected chi connectivity index (χ3v) is 5.52. The molecule has 8 heteroatoms. The van der Waals surface area contributed by atoms with Crippen molar-refractivity contribution in [2.75, 3.05) is 40.3 Å². The first-order valence-electron chi connectivity index (χ1n) is 9.54. The van der Waals surface area contributed by atoms with Crippen LogP contribution in [0.1, 0.15) is 35.9 Å². The number of halogens is 1. The Morgan fingerprint density at radius 2 is 2.15 bits per heavy atom. The van der Waals surface area contributed by atoms with E-state index in [1.165, 1.54) is 9.75 Å². The second-order valence-corrected chi connectivity index (χ2v) is 8.29. The Morgan fingerprint density at radius 1 is 1.37 bits per heavy atom. The van der Waals surface area contributed by atoms with Crippen molar-refractivity contribution in [1.82, 2.24) is 20.4 Å². The number of nitrogens with one attached hydrogen (secondary N) is 2. The van der Waals surface area contributed by atoms with E-state index < -0.39 is 0 Å². The fourth-order valence-electron chi connectivity index (χ4n) is 3.23. The van der Waals surface area contributed by atoms with Crippen molar-refractivity contribution in [2.24, 2.45) is 4.99 Å². The number of likely N-dealkylation sites (N-methyl/N-ethyl adjacent to an activating group) is 1. The first-order valence-corrected chi connectivity index (χ1v) is 10.4. The maximum absolute atomic E-state index is 12.2. The Kier molecular flexibility index (Phi) is 11.2. The predicted molar refractivity (Wildman–Crippen MR) is 125 cm³/mol. The average molecular weight is 507 g/mol. The van der Waals surface area contributed by atoms with Gasteiger partial charge in [-0.1, -0.05) is 0 Å². The number of amides is 1. The van der Waals surface area contributed by atoms with Crippen molar-refractivity contribution >= 4 is 47.2 Å². The van der Waals surface area contributed by atoms with Gasteiger partial charge in [0.15, 0.2) is 5.96 Å². The lowest BCUT2D eigenvalue weighted by molar-refractivity contribution is -0.133. The molecule has 1 atom stereocenters. The molecule has 0 aromatic carbocycles. The summed E-state index contributed by atoms with van der Waals surface area (Å²) in [5.74, 6) is 1.09. The summed E-state index contributed by atoms with van der Waals surface area (Å²) in [6.07, 6.45) is 3.09. The van der Waals surface area contributed by atoms with Crippen molar-refractivity contribution in [3.8, 4) is 0 Å². The van der Waals surface area contributed by atoms with E-state index in [9.17, 15) is 4.79 Å². The standard InChI is InChI=1S/C19H33N5OS.HI/c1-5-20-19(22-14-16-10-9-15(2)26-16)21-11-7-13-24-12-6-8-17(24)18(25)23(3)4;/h9-10,17H,5-8,11-14H2,1-4H3,(H2,20,21,22);1H. The molecule has 1 aromatic rings. The summed E-state index contributed by atoms with van der Waals surface area (Å²) in [5.41, 5.74) is 0. The number of aliphatic imine (C=N–C) groups is 1. The minimum atomic E-state index is 0. The molecule has 0 radical (unpaired) electrons. The quantitative estimate of drug-likeness (QED) is 0.246. The number of guanidine groups is 1. The van der Waals surface area contributed by atoms with Gasteiger partial charge in [-0.25, -0.2) is 4.99 Å². The van der Waals surface area contributed by atoms with Gasteiger partial charge in [0.25, 0.3) is 0 Å². The molecular formula is C19H34IN5OS. The number of thiophene rings is 1. The largest absolute Gasteiger partial charge is 0.357 e. The number of carbonyl (C=O) groups is 1. The molecule has 27 heavy (non-hydrogen) atoms. The van der Waals surface area contributed by atoms with Gasteiger partial charge < -0.3 is 15.5 Å². The van der Waals surface area contributed by atoms with Gasteiger partial charge in [0.1, 0.15) is 0 Å². The predicted octanol–water partition coefficient (Wildman–Crippen LogP) is 2.67. The van der Waals surface area contributed by atoms with Crippen molar-refractivity contribution < 1.29 is 4.79 Å². The molecule has 1 aliphatic rings. The monoisotopic (exact) mass is 507 g/mol. The Hall–Kier alpha value is -0.870. The zero-order chi connectivity index (χ0) is 18.9. The molecular weight excluding hydrogens is 473 g/mol. The van der Waals surface area contributed by atoms with E-state index in [1.54, 1.807) is 16.2 Å². The highest BCUT2D eigenvalue weighted by molar-refractivity contribution is 14.0. The molecule has 154 valence electrons. The van der Waals surface area contributed by atoms with Crippen LogP contribution in [0.5, 0.6) is 0 Å². The highest BCUT2D eigenvalue weighted by atomic mass is 127. The number of hydrogen-bond acceptors (Lipinski definition) is 4. The fraction of sp³-hybridized carbons (Fsp3) is 0.684. The lowest BCUT2D eigenvalue weighted by Gasteiger charge is -2.26. The van der Waals surface area contributed by atoms with Gasteiger partial charge in [0.05, 0.1) is 12.6 Å². The summed E-state index contributed by atoms with van der Waals surface area (Å²) in [6, 6.07) is 4.34. The van der Waals surface area contributed by atoms with E-state index in [0.717, 1.165) is 51.4 Å². The molecule has 2 N–H and O–H groups in total. The lowest BCUT2D eigenvalue weighted by atomic mass is 10.2. The van der Waals surface area contributed by atoms with E-state index in [-0.39, 0.29) is 35.9 Å². The van der Waals surface area contributed by atoms with Crippen molar-refractivity contribution in [3.63, 3.8) is 0 Å². The van der Waals surface area contributed by atoms with Crippen molar-refractivity contribution in [1.29, 1.82) is 0 Å². The van der Waals surface area contributed by atoms with Gasteiger partial charge in [-0.2, -0.15) is 0 Å². The van der Waals surface area contributed by atoms with Crippen LogP contribution in [0.2, 0.25) is 0 Å². The summed E-state index contributed by atoms with van der Waals surface area (Å²) in [4.78, 5) is 23.5. The third-order valence-electron chi connectivity index (χ3n) is 4.54. The van der Waals surface area contributed by atoms with Crippen LogP contribution in [0.4, 0.5) is 0 Å². The van der Waals surface area contributed by atoms with E-state index in [2.05, 4.69) is 46.5 Å². The minimum absolute atomic E-state index is 0. The maximum atomic E-state index is 12.2. The van der Waals surface area contributed by atoms with Crippen LogP contribution in [-0.2, 0) is 11.3 Å². The summed E-state index contributed by atoms with van der Waals surface area (Å²) >= 11 is 1.79. The normalized spacial score (nSPS) is 17.5. The number of rotatable bonds is 8. The van der Waals surface area contributed by atoms with Crippen LogP contribution in [-0.4, -0.2) is 68.0 Å². The molecule has 6 nitrogen and oxygen atoms in total. The van der Waals surface area contributed by atoms with E-state index in [0.29, 0.717) is 6.54 Å². The fourth-order valence-corrected chi connectivity index (χ4v) is 4.04. The van der Waals surface area contributed by atoms with Gasteiger partial charge in [0.2, 0.25) is 5.91 Å². The van der Waals surface area contributed by atoms with Crippen LogP contribution in [0, 0.1) is 6.92 Å². The Morgan fingerprint density at radius 3 is 2.78 bits per heavy atom. The molecule has 0 bridgehead atoms. The second-order valence-electron chi connectivity index (χ2n) is 6.91. The van der Waals surface area contributed by atoms with E-state index in [1.807, 2.05) is 14.1 Å². The number of hydrogen-bond donors (Lipinski definition) is 2. The third kappa shape index (κ3) is 7.95. The molecule has 2 heterocycles. The molecule has 1 aromatic heterocycles. The van der Waals surface area contributed by atoms with Gasteiger partial charge in [-0.3, -0.25) is 9.69 Å². The van der Waals surface area contributed by atoms with Crippen LogP contribution in [0.15, 0.2) is 17.1 Å². The molecule has 1 unspecified atom stereocenters. The SMILES string of the molecule is CCNC(=NCc1ccc(C)s1)NCCCN1CCCC1C(=O)N(C)C.I. The molecule has 1 fully saturated rings. The van der Waals surface area contributed by atoms with Crippen LogP contribution in [0.3, 0.4) is 0 Å². The first-order chi connectivity index (χ1) is 12.5. The zero-order valence-electron chi connectivity index (χ0n) is 17.0. The molecule has 0 saturated carbocycles. The topological polar surface area (TPSA) is 60.0 Å². The van der Waals surface area contributed by atoms with Crippen molar-refractivity contribution in [3.05, 3.63) is 21.9 Å². The molecule has 0 aliphatic carbocycles. The van der Waals surface area contributed by atoms with Gasteiger partial charge in [-0.15, -0.1) is 35.3 Å². The summed E-state index contributed by atoms with van der Waals surface area (Å²) < 4.78 is 0. The molecule has 1 amide bonds. The van der Waals surface area contributed by atoms with Gasteiger partial charge >= 0.3 is 0 Å². The zero-order valence-corrected chi connectivity index (χ0v) is 20.1. The Labute approximate surface area is 184 Å². The van der Waals surface area contributed by atoms with Crippen molar-refractivity contribution in [2.45, 2.75) is 45.7 Å². The molecule has 1 aliphatic heterocycles. The summed E-state index contributed by atoms with van der Waals surface area (Å²) in [5, 5.41) is 6.71. The molecule has 2 rings (SSSR count). The number of carbonyl (C=O) groups excluding carboxylic acids is 1. The summed E-state index contributed by atoms with van der Waals surface area (Å²) in [7, 11) is 3.68. The van der Waals surface area contributed by atoms with Crippen LogP contribution in [0.25, 0.3) is 0 Å². The molecule has 1 saturated heterocycles. The summed E-state index contributed by atoms with van der Waals surface area (Å²) in [6.45, 7) is 8.58. The maximum Gasteiger partial charge on any atom is 0.239 e. The van der Waals surface area contributed by atoms with E-state index in [4.69, 9.17) is 0 Å².